The summed E-state index contributed by atoms with van der Waals surface area (Å²) in [6.45, 7) is 4.12. The number of hydrogen-bond acceptors (Lipinski definition) is 1. The van der Waals surface area contributed by atoms with E-state index in [-0.39, 0.29) is 0 Å². The number of rotatable bonds is 2. The first-order valence-corrected chi connectivity index (χ1v) is 7.57. The summed E-state index contributed by atoms with van der Waals surface area (Å²) in [7, 11) is 0. The molecule has 2 aromatic rings. The zero-order chi connectivity index (χ0) is 13.3. The van der Waals surface area contributed by atoms with E-state index in [2.05, 4.69) is 58.4 Å². The summed E-state index contributed by atoms with van der Waals surface area (Å²) in [5.74, 6) is 0. The molecule has 0 radical (unpaired) electrons. The van der Waals surface area contributed by atoms with Crippen molar-refractivity contribution in [3.8, 4) is 0 Å². The molecule has 0 fully saturated rings. The molecule has 18 heavy (non-hydrogen) atoms. The predicted molar refractivity (Wildman–Crippen MR) is 86.8 cm³/mol. The van der Waals surface area contributed by atoms with Crippen molar-refractivity contribution >= 4 is 38.5 Å². The second-order valence-electron chi connectivity index (χ2n) is 4.36. The first-order valence-electron chi connectivity index (χ1n) is 5.70. The van der Waals surface area contributed by atoms with Gasteiger partial charge in [0.2, 0.25) is 0 Å². The highest BCUT2D eigenvalue weighted by molar-refractivity contribution is 14.1. The first-order chi connectivity index (χ1) is 8.50. The molecule has 3 heteroatoms. The summed E-state index contributed by atoms with van der Waals surface area (Å²) < 4.78 is 2.06. The average molecular weight is 417 g/mol. The number of benzene rings is 2. The molecule has 0 saturated carbocycles. The lowest BCUT2D eigenvalue weighted by molar-refractivity contribution is 0.218. The van der Waals surface area contributed by atoms with Gasteiger partial charge in [0.05, 0.1) is 0 Å². The quantitative estimate of drug-likeness (QED) is 0.700. The number of hydrogen-bond donors (Lipinski definition) is 1. The summed E-state index contributed by atoms with van der Waals surface area (Å²) in [6.07, 6.45) is -0.575. The van der Waals surface area contributed by atoms with E-state index in [9.17, 15) is 5.11 Å². The number of halogens is 2. The van der Waals surface area contributed by atoms with Crippen molar-refractivity contribution in [3.63, 3.8) is 0 Å². The standard InChI is InChI=1S/C15H14BrIO/c1-9-4-3-5-12(10(9)2)15(18)13-8-11(16)6-7-14(13)17/h3-8,15,18H,1-2H3. The second kappa shape index (κ2) is 5.72. The van der Waals surface area contributed by atoms with Crippen molar-refractivity contribution in [2.24, 2.45) is 0 Å². The Hall–Kier alpha value is -0.390. The van der Waals surface area contributed by atoms with Crippen molar-refractivity contribution < 1.29 is 5.11 Å². The Bertz CT molecular complexity index is 579. The molecule has 1 atom stereocenters. The molecule has 0 aliphatic carbocycles. The zero-order valence-corrected chi connectivity index (χ0v) is 14.0. The smallest absolute Gasteiger partial charge is 0.105 e. The molecular formula is C15H14BrIO. The molecule has 0 amide bonds. The lowest BCUT2D eigenvalue weighted by Crippen LogP contribution is -2.05. The van der Waals surface area contributed by atoms with Crippen LogP contribution >= 0.6 is 38.5 Å². The van der Waals surface area contributed by atoms with Crippen LogP contribution in [0.5, 0.6) is 0 Å². The van der Waals surface area contributed by atoms with Gasteiger partial charge in [0, 0.05) is 8.04 Å². The van der Waals surface area contributed by atoms with Gasteiger partial charge in [0.15, 0.2) is 0 Å². The summed E-state index contributed by atoms with van der Waals surface area (Å²) >= 11 is 5.71. The highest BCUT2D eigenvalue weighted by Gasteiger charge is 2.16. The Kier molecular flexibility index (Phi) is 4.45. The highest BCUT2D eigenvalue weighted by Crippen LogP contribution is 2.31. The van der Waals surface area contributed by atoms with Crippen molar-refractivity contribution in [2.75, 3.05) is 0 Å². The normalized spacial score (nSPS) is 12.5. The van der Waals surface area contributed by atoms with Crippen LogP contribution in [0.1, 0.15) is 28.4 Å². The van der Waals surface area contributed by atoms with Crippen molar-refractivity contribution in [2.45, 2.75) is 20.0 Å². The molecule has 2 rings (SSSR count). The molecule has 0 heterocycles. The maximum atomic E-state index is 10.6. The van der Waals surface area contributed by atoms with Gasteiger partial charge in [-0.05, 0) is 76.9 Å². The Balaban J connectivity index is 2.51. The molecule has 1 nitrogen and oxygen atoms in total. The molecule has 0 aromatic heterocycles. The molecular weight excluding hydrogens is 403 g/mol. The lowest BCUT2D eigenvalue weighted by atomic mass is 9.95. The minimum absolute atomic E-state index is 0.575. The van der Waals surface area contributed by atoms with Crippen LogP contribution in [0.15, 0.2) is 40.9 Å². The van der Waals surface area contributed by atoms with Crippen LogP contribution < -0.4 is 0 Å². The number of aliphatic hydroxyl groups excluding tert-OH is 1. The van der Waals surface area contributed by atoms with Gasteiger partial charge in [-0.2, -0.15) is 0 Å². The minimum Gasteiger partial charge on any atom is -0.384 e. The molecule has 0 spiro atoms. The zero-order valence-electron chi connectivity index (χ0n) is 10.2. The number of aliphatic hydroxyl groups is 1. The Morgan fingerprint density at radius 2 is 1.83 bits per heavy atom. The van der Waals surface area contributed by atoms with E-state index >= 15 is 0 Å². The summed E-state index contributed by atoms with van der Waals surface area (Å²) in [4.78, 5) is 0. The summed E-state index contributed by atoms with van der Waals surface area (Å²) in [5, 5.41) is 10.6. The van der Waals surface area contributed by atoms with E-state index in [4.69, 9.17) is 0 Å². The SMILES string of the molecule is Cc1cccc(C(O)c2cc(Br)ccc2I)c1C. The Morgan fingerprint density at radius 1 is 1.11 bits per heavy atom. The van der Waals surface area contributed by atoms with Crippen LogP contribution in [0.2, 0.25) is 0 Å². The van der Waals surface area contributed by atoms with Gasteiger partial charge in [-0.1, -0.05) is 34.1 Å². The van der Waals surface area contributed by atoms with Crippen LogP contribution in [0.25, 0.3) is 0 Å². The van der Waals surface area contributed by atoms with E-state index < -0.39 is 6.10 Å². The van der Waals surface area contributed by atoms with Crippen LogP contribution in [0.3, 0.4) is 0 Å². The van der Waals surface area contributed by atoms with Gasteiger partial charge in [0.1, 0.15) is 6.10 Å². The van der Waals surface area contributed by atoms with Gasteiger partial charge in [-0.15, -0.1) is 0 Å². The molecule has 0 aliphatic rings. The fourth-order valence-corrected chi connectivity index (χ4v) is 2.97. The molecule has 2 aromatic carbocycles. The van der Waals surface area contributed by atoms with Crippen molar-refractivity contribution in [1.29, 1.82) is 0 Å². The van der Waals surface area contributed by atoms with Crippen LogP contribution in [-0.2, 0) is 0 Å². The fraction of sp³-hybridized carbons (Fsp3) is 0.200. The van der Waals surface area contributed by atoms with Gasteiger partial charge in [-0.3, -0.25) is 0 Å². The van der Waals surface area contributed by atoms with Crippen molar-refractivity contribution in [3.05, 3.63) is 66.7 Å². The summed E-state index contributed by atoms with van der Waals surface area (Å²) in [6, 6.07) is 12.0. The molecule has 0 saturated heterocycles. The minimum atomic E-state index is -0.575. The predicted octanol–water partition coefficient (Wildman–Crippen LogP) is 4.75. The third kappa shape index (κ3) is 2.78. The first kappa shape index (κ1) is 14.0. The van der Waals surface area contributed by atoms with Crippen LogP contribution in [0.4, 0.5) is 0 Å². The van der Waals surface area contributed by atoms with E-state index in [0.717, 1.165) is 24.7 Å². The topological polar surface area (TPSA) is 20.2 Å². The van der Waals surface area contributed by atoms with E-state index in [1.807, 2.05) is 30.3 Å². The lowest BCUT2D eigenvalue weighted by Gasteiger charge is -2.17. The van der Waals surface area contributed by atoms with Crippen LogP contribution in [0, 0.1) is 17.4 Å². The third-order valence-corrected chi connectivity index (χ3v) is 4.67. The monoisotopic (exact) mass is 416 g/mol. The van der Waals surface area contributed by atoms with E-state index in [1.54, 1.807) is 0 Å². The average Bonchev–Trinajstić information content (AvgIpc) is 2.35. The van der Waals surface area contributed by atoms with Gasteiger partial charge < -0.3 is 5.11 Å². The van der Waals surface area contributed by atoms with Gasteiger partial charge in [-0.25, -0.2) is 0 Å². The fourth-order valence-electron chi connectivity index (χ4n) is 1.96. The molecule has 0 bridgehead atoms. The van der Waals surface area contributed by atoms with Crippen molar-refractivity contribution in [1.82, 2.24) is 0 Å². The highest BCUT2D eigenvalue weighted by atomic mass is 127. The van der Waals surface area contributed by atoms with Crippen LogP contribution in [-0.4, -0.2) is 5.11 Å². The van der Waals surface area contributed by atoms with E-state index in [0.29, 0.717) is 0 Å². The maximum Gasteiger partial charge on any atom is 0.105 e. The van der Waals surface area contributed by atoms with Gasteiger partial charge >= 0.3 is 0 Å². The third-order valence-electron chi connectivity index (χ3n) is 3.19. The van der Waals surface area contributed by atoms with E-state index in [1.165, 1.54) is 5.56 Å². The Labute approximate surface area is 130 Å². The molecule has 94 valence electrons. The largest absolute Gasteiger partial charge is 0.384 e. The number of aryl methyl sites for hydroxylation is 1. The van der Waals surface area contributed by atoms with Gasteiger partial charge in [0.25, 0.3) is 0 Å². The molecule has 0 aliphatic heterocycles. The maximum absolute atomic E-state index is 10.6. The molecule has 1 unspecified atom stereocenters. The summed E-state index contributed by atoms with van der Waals surface area (Å²) in [5.41, 5.74) is 4.28. The molecule has 1 N–H and O–H groups in total. The Morgan fingerprint density at radius 3 is 2.56 bits per heavy atom. The second-order valence-corrected chi connectivity index (χ2v) is 6.44.